The van der Waals surface area contributed by atoms with Gasteiger partial charge in [0.1, 0.15) is 0 Å². The standard InChI is InChI=1S/C8H16S4/c1-2-6(9)3-7-4-12-8(10)5-11-7/h6-10H,2-5H2,1H3. The SMILES string of the molecule is CCC(S)CC1CSC(S)CS1. The second-order valence-electron chi connectivity index (χ2n) is 3.04. The molecule has 0 nitrogen and oxygen atoms in total. The van der Waals surface area contributed by atoms with Crippen LogP contribution < -0.4 is 0 Å². The van der Waals surface area contributed by atoms with Gasteiger partial charge in [0, 0.05) is 22.0 Å². The Kier molecular flexibility index (Phi) is 5.73. The molecule has 0 amide bonds. The highest BCUT2D eigenvalue weighted by molar-refractivity contribution is 8.14. The van der Waals surface area contributed by atoms with Crippen LogP contribution in [0.4, 0.5) is 0 Å². The Morgan fingerprint density at radius 3 is 2.67 bits per heavy atom. The molecule has 3 unspecified atom stereocenters. The van der Waals surface area contributed by atoms with Crippen molar-refractivity contribution in [2.45, 2.75) is 34.8 Å². The minimum atomic E-state index is 0.561. The van der Waals surface area contributed by atoms with Crippen molar-refractivity contribution in [2.24, 2.45) is 0 Å². The highest BCUT2D eigenvalue weighted by Crippen LogP contribution is 2.34. The fraction of sp³-hybridized carbons (Fsp3) is 1.00. The molecule has 0 spiro atoms. The molecule has 0 aliphatic carbocycles. The van der Waals surface area contributed by atoms with Gasteiger partial charge < -0.3 is 0 Å². The molecule has 1 aliphatic rings. The summed E-state index contributed by atoms with van der Waals surface area (Å²) in [5.41, 5.74) is 0. The number of hydrogen-bond acceptors (Lipinski definition) is 4. The molecular weight excluding hydrogens is 224 g/mol. The molecule has 4 heteroatoms. The van der Waals surface area contributed by atoms with E-state index in [2.05, 4.69) is 43.9 Å². The second kappa shape index (κ2) is 5.99. The summed E-state index contributed by atoms with van der Waals surface area (Å²) in [5.74, 6) is 2.46. The van der Waals surface area contributed by atoms with Crippen molar-refractivity contribution >= 4 is 48.8 Å². The first-order valence-electron chi connectivity index (χ1n) is 4.31. The van der Waals surface area contributed by atoms with Crippen LogP contribution >= 0.6 is 48.8 Å². The fourth-order valence-corrected chi connectivity index (χ4v) is 4.67. The number of hydrogen-bond donors (Lipinski definition) is 2. The summed E-state index contributed by atoms with van der Waals surface area (Å²) < 4.78 is 0.561. The van der Waals surface area contributed by atoms with E-state index in [1.807, 2.05) is 11.8 Å². The Bertz CT molecular complexity index is 120. The Morgan fingerprint density at radius 2 is 2.17 bits per heavy atom. The average Bonchev–Trinajstić information content (AvgIpc) is 2.09. The van der Waals surface area contributed by atoms with Gasteiger partial charge in [-0.15, -0.1) is 11.8 Å². The van der Waals surface area contributed by atoms with Gasteiger partial charge in [-0.3, -0.25) is 0 Å². The van der Waals surface area contributed by atoms with E-state index in [1.165, 1.54) is 24.3 Å². The smallest absolute Gasteiger partial charge is 0.0563 e. The Labute approximate surface area is 94.8 Å². The molecule has 12 heavy (non-hydrogen) atoms. The van der Waals surface area contributed by atoms with Crippen LogP contribution in [0.1, 0.15) is 19.8 Å². The maximum absolute atomic E-state index is 4.52. The summed E-state index contributed by atoms with van der Waals surface area (Å²) in [5, 5.41) is 1.42. The zero-order chi connectivity index (χ0) is 8.97. The van der Waals surface area contributed by atoms with Gasteiger partial charge >= 0.3 is 0 Å². The molecule has 1 aliphatic heterocycles. The lowest BCUT2D eigenvalue weighted by Crippen LogP contribution is -2.21. The summed E-state index contributed by atoms with van der Waals surface area (Å²) in [6.45, 7) is 2.21. The van der Waals surface area contributed by atoms with Gasteiger partial charge in [-0.05, 0) is 12.8 Å². The van der Waals surface area contributed by atoms with Gasteiger partial charge in [0.05, 0.1) is 4.58 Å². The van der Waals surface area contributed by atoms with Gasteiger partial charge in [-0.1, -0.05) is 6.92 Å². The van der Waals surface area contributed by atoms with Gasteiger partial charge in [0.15, 0.2) is 0 Å². The molecule has 72 valence electrons. The maximum Gasteiger partial charge on any atom is 0.0563 e. The number of thioether (sulfide) groups is 2. The minimum Gasteiger partial charge on any atom is -0.176 e. The van der Waals surface area contributed by atoms with Crippen molar-refractivity contribution in [3.63, 3.8) is 0 Å². The molecular formula is C8H16S4. The molecule has 0 radical (unpaired) electrons. The first-order valence-corrected chi connectivity index (χ1v) is 7.44. The highest BCUT2D eigenvalue weighted by atomic mass is 32.2. The van der Waals surface area contributed by atoms with Crippen molar-refractivity contribution in [1.82, 2.24) is 0 Å². The molecule has 0 aromatic heterocycles. The lowest BCUT2D eigenvalue weighted by Gasteiger charge is -2.26. The monoisotopic (exact) mass is 240 g/mol. The number of rotatable bonds is 3. The van der Waals surface area contributed by atoms with Crippen molar-refractivity contribution in [3.05, 3.63) is 0 Å². The normalized spacial score (nSPS) is 33.2. The molecule has 0 aromatic carbocycles. The van der Waals surface area contributed by atoms with Crippen LogP contribution in [0.3, 0.4) is 0 Å². The van der Waals surface area contributed by atoms with Crippen molar-refractivity contribution in [3.8, 4) is 0 Å². The molecule has 1 fully saturated rings. The topological polar surface area (TPSA) is 0 Å². The predicted octanol–water partition coefficient (Wildman–Crippen LogP) is 3.19. The highest BCUT2D eigenvalue weighted by Gasteiger charge is 2.20. The van der Waals surface area contributed by atoms with Crippen LogP contribution in [0, 0.1) is 0 Å². The summed E-state index contributed by atoms with van der Waals surface area (Å²) in [6, 6.07) is 0. The zero-order valence-electron chi connectivity index (χ0n) is 7.27. The molecule has 1 rings (SSSR count). The van der Waals surface area contributed by atoms with Crippen LogP contribution in [0.2, 0.25) is 0 Å². The summed E-state index contributed by atoms with van der Waals surface area (Å²) in [6.07, 6.45) is 2.45. The Hall–Kier alpha value is 1.40. The lowest BCUT2D eigenvalue weighted by molar-refractivity contribution is 0.738. The van der Waals surface area contributed by atoms with E-state index in [0.29, 0.717) is 9.83 Å². The molecule has 0 N–H and O–H groups in total. The van der Waals surface area contributed by atoms with Crippen LogP contribution in [0.25, 0.3) is 0 Å². The van der Waals surface area contributed by atoms with Crippen LogP contribution in [0.5, 0.6) is 0 Å². The third-order valence-electron chi connectivity index (χ3n) is 1.96. The third kappa shape index (κ3) is 4.07. The van der Waals surface area contributed by atoms with E-state index >= 15 is 0 Å². The van der Waals surface area contributed by atoms with E-state index in [9.17, 15) is 0 Å². The van der Waals surface area contributed by atoms with E-state index in [-0.39, 0.29) is 0 Å². The lowest BCUT2D eigenvalue weighted by atomic mass is 10.2. The first kappa shape index (κ1) is 11.5. The molecule has 1 heterocycles. The van der Waals surface area contributed by atoms with Crippen molar-refractivity contribution < 1.29 is 0 Å². The van der Waals surface area contributed by atoms with Crippen LogP contribution in [-0.2, 0) is 0 Å². The van der Waals surface area contributed by atoms with Crippen LogP contribution in [0.15, 0.2) is 0 Å². The van der Waals surface area contributed by atoms with Gasteiger partial charge in [0.2, 0.25) is 0 Å². The van der Waals surface area contributed by atoms with Gasteiger partial charge in [-0.25, -0.2) is 0 Å². The number of thiol groups is 2. The fourth-order valence-electron chi connectivity index (χ4n) is 1.14. The van der Waals surface area contributed by atoms with Crippen molar-refractivity contribution in [2.75, 3.05) is 11.5 Å². The second-order valence-corrected chi connectivity index (χ2v) is 7.31. The minimum absolute atomic E-state index is 0.561. The van der Waals surface area contributed by atoms with E-state index in [0.717, 1.165) is 5.25 Å². The van der Waals surface area contributed by atoms with Gasteiger partial charge in [0.25, 0.3) is 0 Å². The summed E-state index contributed by atoms with van der Waals surface area (Å²) in [4.78, 5) is 0. The van der Waals surface area contributed by atoms with E-state index in [1.54, 1.807) is 0 Å². The molecule has 0 aromatic rings. The summed E-state index contributed by atoms with van der Waals surface area (Å²) >= 11 is 13.0. The van der Waals surface area contributed by atoms with Gasteiger partial charge in [-0.2, -0.15) is 37.0 Å². The first-order chi connectivity index (χ1) is 5.72. The molecule has 0 bridgehead atoms. The van der Waals surface area contributed by atoms with Crippen LogP contribution in [-0.4, -0.2) is 26.6 Å². The maximum atomic E-state index is 4.52. The van der Waals surface area contributed by atoms with Crippen molar-refractivity contribution in [1.29, 1.82) is 0 Å². The zero-order valence-corrected chi connectivity index (χ0v) is 10.7. The third-order valence-corrected chi connectivity index (χ3v) is 6.33. The van der Waals surface area contributed by atoms with E-state index < -0.39 is 0 Å². The average molecular weight is 240 g/mol. The Balaban J connectivity index is 2.17. The summed E-state index contributed by atoms with van der Waals surface area (Å²) in [7, 11) is 0. The quantitative estimate of drug-likeness (QED) is 0.727. The predicted molar refractivity (Wildman–Crippen MR) is 69.2 cm³/mol. The molecule has 1 saturated heterocycles. The molecule has 0 saturated carbocycles. The Morgan fingerprint density at radius 1 is 1.42 bits per heavy atom. The molecule has 3 atom stereocenters. The largest absolute Gasteiger partial charge is 0.176 e. The van der Waals surface area contributed by atoms with E-state index in [4.69, 9.17) is 0 Å².